The molecule has 0 fully saturated rings. The van der Waals surface area contributed by atoms with Crippen LogP contribution in [0.25, 0.3) is 0 Å². The second-order valence-electron chi connectivity index (χ2n) is 11.1. The Morgan fingerprint density at radius 1 is 0.837 bits per heavy atom. The monoisotopic (exact) mass is 595 g/mol. The molecule has 0 saturated heterocycles. The maximum atomic E-state index is 13.6. The quantitative estimate of drug-likeness (QED) is 0.170. The fourth-order valence-corrected chi connectivity index (χ4v) is 3.82. The normalized spacial score (nSPS) is 13.1. The lowest BCUT2D eigenvalue weighted by Crippen LogP contribution is -2.53. The maximum absolute atomic E-state index is 13.6. The Morgan fingerprint density at radius 3 is 2.00 bits per heavy atom. The average molecular weight is 596 g/mol. The summed E-state index contributed by atoms with van der Waals surface area (Å²) in [5.41, 5.74) is 0.278. The minimum Gasteiger partial charge on any atom is -0.460 e. The highest BCUT2D eigenvalue weighted by atomic mass is 16.6. The van der Waals surface area contributed by atoms with E-state index in [1.165, 1.54) is 6.08 Å². The molecule has 2 aromatic rings. The van der Waals surface area contributed by atoms with Crippen molar-refractivity contribution >= 4 is 29.8 Å². The summed E-state index contributed by atoms with van der Waals surface area (Å²) in [4.78, 5) is 65.0. The molecule has 0 spiro atoms. The molecule has 0 aliphatic rings. The van der Waals surface area contributed by atoms with Gasteiger partial charge in [0.05, 0.1) is 6.42 Å². The van der Waals surface area contributed by atoms with Crippen molar-refractivity contribution in [3.63, 3.8) is 0 Å². The molecule has 0 aliphatic heterocycles. The predicted octanol–water partition coefficient (Wildman–Crippen LogP) is 3.74. The van der Waals surface area contributed by atoms with Crippen LogP contribution in [0.1, 0.15) is 58.2 Å². The number of carbonyl (C=O) groups excluding carboxylic acids is 5. The Morgan fingerprint density at radius 2 is 1.44 bits per heavy atom. The van der Waals surface area contributed by atoms with E-state index >= 15 is 0 Å². The zero-order valence-electron chi connectivity index (χ0n) is 25.3. The molecule has 0 heterocycles. The summed E-state index contributed by atoms with van der Waals surface area (Å²) in [5.74, 6) is -3.29. The molecule has 0 aromatic heterocycles. The zero-order chi connectivity index (χ0) is 32.0. The summed E-state index contributed by atoms with van der Waals surface area (Å²) in [5, 5.41) is 7.67. The Kier molecular flexibility index (Phi) is 13.4. The molecule has 0 bridgehead atoms. The molecule has 43 heavy (non-hydrogen) atoms. The maximum Gasteiger partial charge on any atom is 0.408 e. The third kappa shape index (κ3) is 12.4. The minimum absolute atomic E-state index is 0.0326. The largest absolute Gasteiger partial charge is 0.460 e. The van der Waals surface area contributed by atoms with Crippen LogP contribution in [0.2, 0.25) is 0 Å². The lowest BCUT2D eigenvalue weighted by Gasteiger charge is -2.27. The second kappa shape index (κ2) is 16.7. The number of hydrogen-bond donors (Lipinski definition) is 3. The molecule has 0 radical (unpaired) electrons. The topological polar surface area (TPSA) is 149 Å². The van der Waals surface area contributed by atoms with Crippen molar-refractivity contribution in [2.24, 2.45) is 5.92 Å². The van der Waals surface area contributed by atoms with Crippen LogP contribution in [0.3, 0.4) is 0 Å². The molecule has 2 aromatic carbocycles. The number of ether oxygens (including phenoxy) is 3. The van der Waals surface area contributed by atoms with Gasteiger partial charge < -0.3 is 30.2 Å². The Hall–Kier alpha value is -4.67. The van der Waals surface area contributed by atoms with Gasteiger partial charge in [-0.15, -0.1) is 0 Å². The number of carbonyl (C=O) groups is 5. The van der Waals surface area contributed by atoms with Crippen molar-refractivity contribution in [1.82, 2.24) is 16.0 Å². The standard InChI is InChI=1S/C32H41N3O8/c1-7-18-41-30(39)26(21(2)3)34-29(38)27(23-16-12-9-13-17-23)35-28(37)24(19-25(36)43-32(4,5)6)33-31(40)42-20-22-14-10-8-11-15-22/h7-17,21,24,26-27H,1,18-20H2,2-6H3,(H,33,40)(H,34,38)(H,35,37)/t24-,26-,27?/m0/s1. The number of hydrogen-bond acceptors (Lipinski definition) is 8. The van der Waals surface area contributed by atoms with E-state index in [2.05, 4.69) is 22.5 Å². The van der Waals surface area contributed by atoms with Gasteiger partial charge in [0, 0.05) is 0 Å². The van der Waals surface area contributed by atoms with E-state index in [1.807, 2.05) is 6.07 Å². The van der Waals surface area contributed by atoms with Gasteiger partial charge in [-0.25, -0.2) is 9.59 Å². The van der Waals surface area contributed by atoms with Crippen LogP contribution in [0, 0.1) is 5.92 Å². The molecule has 0 aliphatic carbocycles. The number of rotatable bonds is 14. The van der Waals surface area contributed by atoms with Crippen LogP contribution in [-0.4, -0.2) is 54.1 Å². The molecular weight excluding hydrogens is 554 g/mol. The molecule has 11 heteroatoms. The highest BCUT2D eigenvalue weighted by molar-refractivity contribution is 5.95. The van der Waals surface area contributed by atoms with Gasteiger partial charge in [-0.2, -0.15) is 0 Å². The van der Waals surface area contributed by atoms with Crippen LogP contribution in [0.5, 0.6) is 0 Å². The van der Waals surface area contributed by atoms with Gasteiger partial charge in [-0.05, 0) is 37.8 Å². The second-order valence-corrected chi connectivity index (χ2v) is 11.1. The first kappa shape index (κ1) is 34.5. The number of alkyl carbamates (subject to hydrolysis) is 1. The van der Waals surface area contributed by atoms with Gasteiger partial charge in [0.1, 0.15) is 36.9 Å². The Labute approximate surface area is 252 Å². The van der Waals surface area contributed by atoms with E-state index in [4.69, 9.17) is 14.2 Å². The van der Waals surface area contributed by atoms with Crippen molar-refractivity contribution in [2.45, 2.75) is 71.4 Å². The zero-order valence-corrected chi connectivity index (χ0v) is 25.3. The Balaban J connectivity index is 2.29. The van der Waals surface area contributed by atoms with E-state index in [0.717, 1.165) is 5.56 Å². The van der Waals surface area contributed by atoms with Gasteiger partial charge in [0.25, 0.3) is 0 Å². The van der Waals surface area contributed by atoms with E-state index in [0.29, 0.717) is 5.56 Å². The summed E-state index contributed by atoms with van der Waals surface area (Å²) in [6.45, 7) is 11.9. The predicted molar refractivity (Wildman–Crippen MR) is 159 cm³/mol. The highest BCUT2D eigenvalue weighted by Crippen LogP contribution is 2.16. The first-order valence-corrected chi connectivity index (χ1v) is 13.9. The SMILES string of the molecule is C=CCOC(=O)[C@@H](NC(=O)C(NC(=O)[C@H](CC(=O)OC(C)(C)C)NC(=O)OCc1ccccc1)c1ccccc1)C(C)C. The molecule has 2 rings (SSSR count). The third-order valence-electron chi connectivity index (χ3n) is 5.86. The minimum atomic E-state index is -1.45. The van der Waals surface area contributed by atoms with Gasteiger partial charge in [-0.3, -0.25) is 14.4 Å². The molecule has 232 valence electrons. The first-order valence-electron chi connectivity index (χ1n) is 13.9. The average Bonchev–Trinajstić information content (AvgIpc) is 2.95. The van der Waals surface area contributed by atoms with Crippen molar-refractivity contribution in [3.8, 4) is 0 Å². The van der Waals surface area contributed by atoms with Crippen molar-refractivity contribution in [2.75, 3.05) is 6.61 Å². The summed E-state index contributed by atoms with van der Waals surface area (Å²) >= 11 is 0. The highest BCUT2D eigenvalue weighted by Gasteiger charge is 2.34. The van der Waals surface area contributed by atoms with Crippen LogP contribution in [0.4, 0.5) is 4.79 Å². The number of benzene rings is 2. The fourth-order valence-electron chi connectivity index (χ4n) is 3.82. The van der Waals surface area contributed by atoms with E-state index < -0.39 is 60.0 Å². The van der Waals surface area contributed by atoms with E-state index in [1.54, 1.807) is 89.2 Å². The van der Waals surface area contributed by atoms with Gasteiger partial charge in [0.2, 0.25) is 11.8 Å². The smallest absolute Gasteiger partial charge is 0.408 e. The van der Waals surface area contributed by atoms with Crippen molar-refractivity contribution in [3.05, 3.63) is 84.4 Å². The molecule has 11 nitrogen and oxygen atoms in total. The number of nitrogens with one attached hydrogen (secondary N) is 3. The van der Waals surface area contributed by atoms with Gasteiger partial charge >= 0.3 is 18.0 Å². The fraction of sp³-hybridized carbons (Fsp3) is 0.406. The molecule has 3 atom stereocenters. The van der Waals surface area contributed by atoms with Crippen molar-refractivity contribution < 1.29 is 38.2 Å². The lowest BCUT2D eigenvalue weighted by molar-refractivity contribution is -0.156. The lowest BCUT2D eigenvalue weighted by atomic mass is 10.0. The molecule has 3 N–H and O–H groups in total. The van der Waals surface area contributed by atoms with Crippen LogP contribution in [-0.2, 0) is 40.0 Å². The summed E-state index contributed by atoms with van der Waals surface area (Å²) in [7, 11) is 0. The van der Waals surface area contributed by atoms with E-state index in [9.17, 15) is 24.0 Å². The first-order chi connectivity index (χ1) is 20.3. The summed E-state index contributed by atoms with van der Waals surface area (Å²) < 4.78 is 15.7. The number of amides is 3. The summed E-state index contributed by atoms with van der Waals surface area (Å²) in [6.07, 6.45) is -0.0693. The molecule has 1 unspecified atom stereocenters. The molecular formula is C32H41N3O8. The molecule has 3 amide bonds. The van der Waals surface area contributed by atoms with Crippen LogP contribution >= 0.6 is 0 Å². The number of esters is 2. The molecule has 0 saturated carbocycles. The van der Waals surface area contributed by atoms with Crippen LogP contribution in [0.15, 0.2) is 73.3 Å². The Bertz CT molecular complexity index is 1240. The third-order valence-corrected chi connectivity index (χ3v) is 5.86. The van der Waals surface area contributed by atoms with E-state index in [-0.39, 0.29) is 19.1 Å². The van der Waals surface area contributed by atoms with Crippen molar-refractivity contribution in [1.29, 1.82) is 0 Å². The van der Waals surface area contributed by atoms with Crippen LogP contribution < -0.4 is 16.0 Å². The summed E-state index contributed by atoms with van der Waals surface area (Å²) in [6, 6.07) is 13.5. The van der Waals surface area contributed by atoms with Gasteiger partial charge in [0.15, 0.2) is 0 Å². The van der Waals surface area contributed by atoms with Gasteiger partial charge in [-0.1, -0.05) is 87.2 Å².